The Balaban J connectivity index is 1.75. The van der Waals surface area contributed by atoms with Crippen molar-refractivity contribution in [1.82, 2.24) is 15.1 Å². The number of hydrogen-bond acceptors (Lipinski definition) is 6. The molecule has 0 saturated carbocycles. The molecule has 0 aliphatic carbocycles. The van der Waals surface area contributed by atoms with Gasteiger partial charge < -0.3 is 4.52 Å². The smallest absolute Gasteiger partial charge is 0.282 e. The number of carbonyl (C=O) groups is 1. The fourth-order valence-electron chi connectivity index (χ4n) is 2.78. The number of carbonyl (C=O) groups excluding carboxylic acids is 1. The molecule has 27 heavy (non-hydrogen) atoms. The van der Waals surface area contributed by atoms with Crippen molar-refractivity contribution in [2.75, 3.05) is 4.90 Å². The minimum Gasteiger partial charge on any atom is -0.361 e. The number of nitrogens with zero attached hydrogens (tertiary/aromatic N) is 4. The van der Waals surface area contributed by atoms with Gasteiger partial charge in [-0.1, -0.05) is 35.5 Å². The molecule has 0 fully saturated rings. The first-order valence-electron chi connectivity index (χ1n) is 8.68. The zero-order chi connectivity index (χ0) is 18.8. The minimum atomic E-state index is -0.257. The summed E-state index contributed by atoms with van der Waals surface area (Å²) in [6.45, 7) is 4.19. The summed E-state index contributed by atoms with van der Waals surface area (Å²) in [5, 5.41) is 4.50. The van der Waals surface area contributed by atoms with Gasteiger partial charge in [-0.3, -0.25) is 14.7 Å². The van der Waals surface area contributed by atoms with Gasteiger partial charge >= 0.3 is 0 Å². The van der Waals surface area contributed by atoms with E-state index in [1.54, 1.807) is 24.1 Å². The lowest BCUT2D eigenvalue weighted by Gasteiger charge is -2.18. The molecule has 0 N–H and O–H groups in total. The Labute approximate surface area is 160 Å². The highest BCUT2D eigenvalue weighted by Gasteiger charge is 2.24. The Hall–Kier alpha value is -3.06. The summed E-state index contributed by atoms with van der Waals surface area (Å²) in [7, 11) is 0. The Morgan fingerprint density at radius 2 is 2.11 bits per heavy atom. The summed E-state index contributed by atoms with van der Waals surface area (Å²) in [6, 6.07) is 13.5. The van der Waals surface area contributed by atoms with Crippen LogP contribution in [0.25, 0.3) is 10.2 Å². The Kier molecular flexibility index (Phi) is 4.68. The van der Waals surface area contributed by atoms with E-state index in [4.69, 9.17) is 4.52 Å². The van der Waals surface area contributed by atoms with Crippen molar-refractivity contribution in [1.29, 1.82) is 0 Å². The van der Waals surface area contributed by atoms with Crippen molar-refractivity contribution in [2.24, 2.45) is 0 Å². The maximum atomic E-state index is 13.1. The topological polar surface area (TPSA) is 72.1 Å². The summed E-state index contributed by atoms with van der Waals surface area (Å²) in [4.78, 5) is 23.7. The summed E-state index contributed by atoms with van der Waals surface area (Å²) >= 11 is 1.49. The number of benzene rings is 1. The highest BCUT2D eigenvalue weighted by molar-refractivity contribution is 7.22. The number of thiazole rings is 1. The molecule has 0 radical (unpaired) electrons. The van der Waals surface area contributed by atoms with E-state index in [0.717, 1.165) is 22.3 Å². The molecule has 0 atom stereocenters. The number of aromatic nitrogens is 3. The van der Waals surface area contributed by atoms with E-state index in [1.165, 1.54) is 16.9 Å². The third kappa shape index (κ3) is 3.59. The lowest BCUT2D eigenvalue weighted by Crippen LogP contribution is -2.31. The van der Waals surface area contributed by atoms with Gasteiger partial charge in [0.05, 0.1) is 22.5 Å². The van der Waals surface area contributed by atoms with Gasteiger partial charge in [-0.25, -0.2) is 4.98 Å². The molecule has 7 heteroatoms. The molecule has 4 aromatic rings. The number of anilines is 1. The fourth-order valence-corrected chi connectivity index (χ4v) is 3.80. The van der Waals surface area contributed by atoms with E-state index < -0.39 is 0 Å². The van der Waals surface area contributed by atoms with E-state index in [0.29, 0.717) is 17.4 Å². The first-order valence-corrected chi connectivity index (χ1v) is 9.50. The minimum absolute atomic E-state index is 0.257. The van der Waals surface area contributed by atoms with Crippen molar-refractivity contribution in [3.05, 3.63) is 71.4 Å². The molecule has 1 amide bonds. The van der Waals surface area contributed by atoms with Crippen molar-refractivity contribution in [3.8, 4) is 0 Å². The van der Waals surface area contributed by atoms with Crippen LogP contribution in [0.1, 0.15) is 34.4 Å². The van der Waals surface area contributed by atoms with Crippen molar-refractivity contribution in [3.63, 3.8) is 0 Å². The van der Waals surface area contributed by atoms with Crippen LogP contribution < -0.4 is 4.90 Å². The molecule has 6 nitrogen and oxygen atoms in total. The second kappa shape index (κ2) is 7.28. The Morgan fingerprint density at radius 3 is 2.81 bits per heavy atom. The van der Waals surface area contributed by atoms with Gasteiger partial charge in [0.25, 0.3) is 5.91 Å². The van der Waals surface area contributed by atoms with Crippen LogP contribution in [-0.2, 0) is 13.0 Å². The first-order chi connectivity index (χ1) is 13.1. The summed E-state index contributed by atoms with van der Waals surface area (Å²) < 4.78 is 6.14. The van der Waals surface area contributed by atoms with Crippen LogP contribution >= 0.6 is 11.3 Å². The molecule has 0 spiro atoms. The highest BCUT2D eigenvalue weighted by atomic mass is 32.1. The number of rotatable bonds is 5. The van der Waals surface area contributed by atoms with E-state index in [1.807, 2.05) is 24.3 Å². The molecule has 0 bridgehead atoms. The summed E-state index contributed by atoms with van der Waals surface area (Å²) in [5.41, 5.74) is 3.16. The molecular weight excluding hydrogens is 360 g/mol. The monoisotopic (exact) mass is 378 g/mol. The number of amides is 1. The lowest BCUT2D eigenvalue weighted by atomic mass is 10.2. The molecular formula is C20H18N4O2S. The zero-order valence-electron chi connectivity index (χ0n) is 15.0. The lowest BCUT2D eigenvalue weighted by molar-refractivity contribution is 0.0976. The Morgan fingerprint density at radius 1 is 1.22 bits per heavy atom. The van der Waals surface area contributed by atoms with Crippen molar-refractivity contribution < 1.29 is 9.32 Å². The number of pyridine rings is 1. The molecule has 136 valence electrons. The molecule has 0 aliphatic heterocycles. The molecule has 0 saturated heterocycles. The van der Waals surface area contributed by atoms with Crippen molar-refractivity contribution >= 4 is 32.6 Å². The second-order valence-electron chi connectivity index (χ2n) is 6.19. The fraction of sp³-hybridized carbons (Fsp3) is 0.200. The highest BCUT2D eigenvalue weighted by Crippen LogP contribution is 2.31. The molecule has 3 aromatic heterocycles. The van der Waals surface area contributed by atoms with E-state index >= 15 is 0 Å². The third-order valence-electron chi connectivity index (χ3n) is 4.22. The largest absolute Gasteiger partial charge is 0.361 e. The number of fused-ring (bicyclic) bond motifs is 1. The van der Waals surface area contributed by atoms with Crippen LogP contribution in [0.15, 0.2) is 53.2 Å². The van der Waals surface area contributed by atoms with Crippen molar-refractivity contribution in [2.45, 2.75) is 26.8 Å². The van der Waals surface area contributed by atoms with E-state index in [-0.39, 0.29) is 11.6 Å². The van der Waals surface area contributed by atoms with Crippen LogP contribution in [0.2, 0.25) is 0 Å². The van der Waals surface area contributed by atoms with E-state index in [2.05, 4.69) is 34.2 Å². The maximum absolute atomic E-state index is 13.1. The van der Waals surface area contributed by atoms with Crippen LogP contribution in [-0.4, -0.2) is 21.0 Å². The third-order valence-corrected chi connectivity index (χ3v) is 5.26. The van der Waals surface area contributed by atoms with E-state index in [9.17, 15) is 4.79 Å². The molecule has 3 heterocycles. The van der Waals surface area contributed by atoms with Gasteiger partial charge in [-0.15, -0.1) is 0 Å². The van der Waals surface area contributed by atoms with Crippen LogP contribution in [0.3, 0.4) is 0 Å². The molecule has 0 unspecified atom stereocenters. The maximum Gasteiger partial charge on any atom is 0.282 e. The normalized spacial score (nSPS) is 11.0. The second-order valence-corrected chi connectivity index (χ2v) is 7.20. The predicted octanol–water partition coefficient (Wildman–Crippen LogP) is 4.40. The standard InChI is InChI=1S/C20H18N4O2S/c1-3-14-7-8-16-18(11-14)27-20(22-16)24(12-15-6-4-5-9-21-15)19(25)17-10-13(2)26-23-17/h4-11H,3,12H2,1-2H3. The number of aryl methyl sites for hydroxylation is 2. The molecule has 4 rings (SSSR count). The first kappa shape index (κ1) is 17.4. The zero-order valence-corrected chi connectivity index (χ0v) is 15.9. The average molecular weight is 378 g/mol. The van der Waals surface area contributed by atoms with Gasteiger partial charge in [0.2, 0.25) is 0 Å². The quantitative estimate of drug-likeness (QED) is 0.515. The van der Waals surface area contributed by atoms with Crippen LogP contribution in [0.4, 0.5) is 5.13 Å². The van der Waals surface area contributed by atoms with Crippen LogP contribution in [0.5, 0.6) is 0 Å². The summed E-state index contributed by atoms with van der Waals surface area (Å²) in [5.74, 6) is 0.334. The average Bonchev–Trinajstić information content (AvgIpc) is 3.31. The van der Waals surface area contributed by atoms with Crippen LogP contribution in [0, 0.1) is 6.92 Å². The van der Waals surface area contributed by atoms with Gasteiger partial charge in [0, 0.05) is 12.3 Å². The Bertz CT molecular complexity index is 1090. The van der Waals surface area contributed by atoms with Gasteiger partial charge in [-0.2, -0.15) is 0 Å². The predicted molar refractivity (Wildman–Crippen MR) is 105 cm³/mol. The molecule has 0 aliphatic rings. The van der Waals surface area contributed by atoms with Gasteiger partial charge in [0.1, 0.15) is 5.76 Å². The summed E-state index contributed by atoms with van der Waals surface area (Å²) in [6.07, 6.45) is 2.67. The number of hydrogen-bond donors (Lipinski definition) is 0. The SMILES string of the molecule is CCc1ccc2nc(N(Cc3ccccn3)C(=O)c3cc(C)on3)sc2c1. The van der Waals surface area contributed by atoms with Gasteiger partial charge in [-0.05, 0) is 43.2 Å². The molecule has 1 aromatic carbocycles. The van der Waals surface area contributed by atoms with Gasteiger partial charge in [0.15, 0.2) is 10.8 Å².